The lowest BCUT2D eigenvalue weighted by atomic mass is 10.0. The molecule has 0 saturated carbocycles. The zero-order valence-corrected chi connectivity index (χ0v) is 32.3. The molecule has 0 radical (unpaired) electrons. The van der Waals surface area contributed by atoms with E-state index < -0.39 is 45.1 Å². The van der Waals surface area contributed by atoms with E-state index in [0.717, 1.165) is 77.0 Å². The van der Waals surface area contributed by atoms with Crippen molar-refractivity contribution >= 4 is 19.7 Å². The molecule has 0 fully saturated rings. The average Bonchev–Trinajstić information content (AvgIpc) is 3.11. The molecule has 50 heavy (non-hydrogen) atoms. The highest BCUT2D eigenvalue weighted by molar-refractivity contribution is 7.52. The minimum atomic E-state index is -4.44. The Labute approximate surface area is 303 Å². The highest BCUT2D eigenvalue weighted by Gasteiger charge is 2.37. The van der Waals surface area contributed by atoms with E-state index in [9.17, 15) is 19.1 Å². The van der Waals surface area contributed by atoms with Crippen LogP contribution in [0, 0.1) is 16.2 Å². The number of nitriles is 1. The van der Waals surface area contributed by atoms with Crippen molar-refractivity contribution in [1.29, 1.82) is 5.26 Å². The predicted octanol–water partition coefficient (Wildman–Crippen LogP) is 11.0. The Kier molecular flexibility index (Phi) is 32.6. The van der Waals surface area contributed by atoms with Gasteiger partial charge in [0.25, 0.3) is 0 Å². The van der Waals surface area contributed by atoms with E-state index in [0.29, 0.717) is 19.3 Å². The maximum atomic E-state index is 12.7. The van der Waals surface area contributed by atoms with Gasteiger partial charge in [-0.05, 0) is 51.9 Å². The first-order chi connectivity index (χ1) is 24.2. The van der Waals surface area contributed by atoms with Gasteiger partial charge < -0.3 is 14.6 Å². The number of hydrogen-bond donors (Lipinski definition) is 1. The summed E-state index contributed by atoms with van der Waals surface area (Å²) in [6, 6.07) is 2.17. The van der Waals surface area contributed by atoms with Gasteiger partial charge in [0.05, 0.1) is 19.3 Å². The number of hydrogen-bond acceptors (Lipinski definition) is 10. The van der Waals surface area contributed by atoms with Crippen LogP contribution in [0.2, 0.25) is 0 Å². The number of allylic oxidation sites excluding steroid dienone is 2. The van der Waals surface area contributed by atoms with E-state index in [-0.39, 0.29) is 19.4 Å². The first-order valence-corrected chi connectivity index (χ1v) is 21.0. The Hall–Kier alpha value is -2.12. The number of esters is 2. The van der Waals surface area contributed by atoms with Gasteiger partial charge in [0.15, 0.2) is 5.60 Å². The van der Waals surface area contributed by atoms with Gasteiger partial charge in [-0.25, -0.2) is 4.57 Å². The molecule has 1 N–H and O–H groups in total. The smallest absolute Gasteiger partial charge is 0.461 e. The molecule has 0 spiro atoms. The van der Waals surface area contributed by atoms with Crippen LogP contribution in [-0.4, -0.2) is 49.1 Å². The van der Waals surface area contributed by atoms with Crippen LogP contribution in [0.4, 0.5) is 0 Å². The molecular weight excluding hydrogens is 659 g/mol. The highest BCUT2D eigenvalue weighted by atomic mass is 31.2. The molecule has 0 aromatic rings. The fourth-order valence-corrected chi connectivity index (χ4v) is 6.34. The second-order valence-corrected chi connectivity index (χ2v) is 15.1. The van der Waals surface area contributed by atoms with Crippen molar-refractivity contribution in [3.63, 3.8) is 0 Å². The summed E-state index contributed by atoms with van der Waals surface area (Å²) in [4.78, 5) is 38.8. The molecule has 0 aromatic carbocycles. The molecule has 2 atom stereocenters. The molecule has 0 aliphatic rings. The largest absolute Gasteiger partial charge is 0.489 e. The first kappa shape index (κ1) is 47.9. The second-order valence-electron chi connectivity index (χ2n) is 13.5. The van der Waals surface area contributed by atoms with Crippen molar-refractivity contribution in [1.82, 2.24) is 0 Å². The monoisotopic (exact) mass is 728 g/mol. The number of carbonyl (C=O) groups is 2. The van der Waals surface area contributed by atoms with Crippen LogP contribution in [0.25, 0.3) is 0 Å². The summed E-state index contributed by atoms with van der Waals surface area (Å²) in [6.45, 7) is 1.90. The third kappa shape index (κ3) is 30.7. The topological polar surface area (TPSA) is 162 Å². The van der Waals surface area contributed by atoms with Crippen molar-refractivity contribution in [3.05, 3.63) is 17.1 Å². The van der Waals surface area contributed by atoms with E-state index >= 15 is 0 Å². The van der Waals surface area contributed by atoms with Crippen LogP contribution in [-0.2, 0) is 32.7 Å². The summed E-state index contributed by atoms with van der Waals surface area (Å²) in [5, 5.41) is 17.5. The van der Waals surface area contributed by atoms with E-state index in [1.165, 1.54) is 64.7 Å². The van der Waals surface area contributed by atoms with Crippen LogP contribution in [0.15, 0.2) is 17.1 Å². The fourth-order valence-electron chi connectivity index (χ4n) is 5.42. The van der Waals surface area contributed by atoms with Crippen molar-refractivity contribution in [2.75, 3.05) is 26.4 Å². The Bertz CT molecular complexity index is 972. The number of nitrogens with zero attached hydrogens (tertiary/aromatic N) is 2. The summed E-state index contributed by atoms with van der Waals surface area (Å²) in [6.07, 6.45) is 30.9. The van der Waals surface area contributed by atoms with Crippen molar-refractivity contribution < 1.29 is 37.8 Å². The molecule has 0 aliphatic heterocycles. The molecule has 12 heteroatoms. The van der Waals surface area contributed by atoms with Gasteiger partial charge in [-0.3, -0.25) is 18.6 Å². The van der Waals surface area contributed by atoms with Crippen LogP contribution in [0.3, 0.4) is 0 Å². The van der Waals surface area contributed by atoms with Crippen LogP contribution in [0.5, 0.6) is 0 Å². The Morgan fingerprint density at radius 3 is 1.70 bits per heavy atom. The molecule has 290 valence electrons. The molecule has 0 rings (SSSR count). The summed E-state index contributed by atoms with van der Waals surface area (Å²) < 4.78 is 33.5. The second kappa shape index (κ2) is 34.0. The van der Waals surface area contributed by atoms with E-state index in [4.69, 9.17) is 28.9 Å². The van der Waals surface area contributed by atoms with Crippen molar-refractivity contribution in [2.45, 2.75) is 186 Å². The lowest BCUT2D eigenvalue weighted by molar-refractivity contribution is -0.174. The Morgan fingerprint density at radius 1 is 0.720 bits per heavy atom. The van der Waals surface area contributed by atoms with Crippen molar-refractivity contribution in [3.8, 4) is 6.07 Å². The van der Waals surface area contributed by atoms with E-state index in [2.05, 4.69) is 30.1 Å². The minimum absolute atomic E-state index is 0.152. The molecular formula is C38H69N2O9P. The zero-order valence-electron chi connectivity index (χ0n) is 31.4. The molecule has 1 unspecified atom stereocenters. The first-order valence-electron chi connectivity index (χ1n) is 19.5. The van der Waals surface area contributed by atoms with Crippen LogP contribution >= 0.6 is 7.75 Å². The molecule has 0 bridgehead atoms. The quantitative estimate of drug-likeness (QED) is 0.0214. The number of nitroso groups, excluding NO2 is 1. The predicted molar refractivity (Wildman–Crippen MR) is 198 cm³/mol. The molecule has 0 heterocycles. The third-order valence-electron chi connectivity index (χ3n) is 8.44. The van der Waals surface area contributed by atoms with Gasteiger partial charge in [0, 0.05) is 24.2 Å². The number of unbranched alkanes of at least 4 members (excludes halogenated alkanes) is 21. The molecule has 0 amide bonds. The van der Waals surface area contributed by atoms with Gasteiger partial charge >= 0.3 is 19.7 Å². The fraction of sp³-hybridized carbons (Fsp3) is 0.868. The van der Waals surface area contributed by atoms with Crippen LogP contribution in [0.1, 0.15) is 181 Å². The summed E-state index contributed by atoms with van der Waals surface area (Å²) in [7, 11) is -4.44. The van der Waals surface area contributed by atoms with Crippen LogP contribution < -0.4 is 0 Å². The molecule has 0 aromatic heterocycles. The maximum absolute atomic E-state index is 12.7. The lowest BCUT2D eigenvalue weighted by Crippen LogP contribution is -2.42. The SMILES string of the molecule is CCCCCCCCCCCCCCCC(=O)OC[C@](C)(COP(=O)(N=O)OCCO)OC(=O)CCCCCCC/C=C\CCCCCC#N. The minimum Gasteiger partial charge on any atom is -0.461 e. The number of rotatable bonds is 37. The normalized spacial score (nSPS) is 13.8. The molecule has 0 aliphatic carbocycles. The number of aliphatic hydroxyl groups excluding tert-OH is 1. The van der Waals surface area contributed by atoms with E-state index in [1.807, 2.05) is 0 Å². The van der Waals surface area contributed by atoms with Gasteiger partial charge in [0.2, 0.25) is 0 Å². The highest BCUT2D eigenvalue weighted by Crippen LogP contribution is 2.50. The molecule has 0 saturated heterocycles. The summed E-state index contributed by atoms with van der Waals surface area (Å²) in [5.74, 6) is -0.958. The van der Waals surface area contributed by atoms with Crippen molar-refractivity contribution in [2.24, 2.45) is 4.95 Å². The average molecular weight is 729 g/mol. The van der Waals surface area contributed by atoms with E-state index in [1.54, 1.807) is 0 Å². The number of carbonyl (C=O) groups excluding carboxylic acids is 2. The summed E-state index contributed by atoms with van der Waals surface area (Å²) in [5.41, 5.74) is -1.52. The Balaban J connectivity index is 4.47. The standard InChI is InChI=1S/C38H69N2O9P/c1-3-4-5-6-7-8-9-11-14-17-20-23-26-29-36(42)46-34-38(2,35-48-50(45,40-44)47-33-32-41)49-37(43)30-27-24-21-18-15-12-10-13-16-19-22-25-28-31-39/h10,13,41H,3-9,11-12,14-30,32-35H2,1-2H3/b13-10-/t38-,50?/m1/s1. The molecule has 11 nitrogen and oxygen atoms in total. The lowest BCUT2D eigenvalue weighted by Gasteiger charge is -2.29. The van der Waals surface area contributed by atoms with Gasteiger partial charge in [-0.2, -0.15) is 5.26 Å². The maximum Gasteiger partial charge on any atom is 0.489 e. The summed E-state index contributed by atoms with van der Waals surface area (Å²) >= 11 is 0. The van der Waals surface area contributed by atoms with Gasteiger partial charge in [-0.15, -0.1) is 4.91 Å². The van der Waals surface area contributed by atoms with Gasteiger partial charge in [-0.1, -0.05) is 122 Å². The third-order valence-corrected chi connectivity index (χ3v) is 9.60. The zero-order chi connectivity index (χ0) is 37.0. The Morgan fingerprint density at radius 2 is 1.20 bits per heavy atom. The number of ether oxygens (including phenoxy) is 2. The van der Waals surface area contributed by atoms with Gasteiger partial charge in [0.1, 0.15) is 13.2 Å². The number of aliphatic hydroxyl groups is 1.